The van der Waals surface area contributed by atoms with Crippen molar-refractivity contribution in [2.75, 3.05) is 6.54 Å². The van der Waals surface area contributed by atoms with Crippen molar-refractivity contribution >= 4 is 28.5 Å². The lowest BCUT2D eigenvalue weighted by molar-refractivity contribution is -0.130. The molecule has 1 aliphatic heterocycles. The maximum Gasteiger partial charge on any atom is 0.290 e. The van der Waals surface area contributed by atoms with Crippen LogP contribution < -0.4 is 16.4 Å². The zero-order chi connectivity index (χ0) is 21.3. The van der Waals surface area contributed by atoms with Crippen LogP contribution in [0.3, 0.4) is 0 Å². The Balaban J connectivity index is 1.45. The van der Waals surface area contributed by atoms with Gasteiger partial charge in [0.1, 0.15) is 0 Å². The van der Waals surface area contributed by atoms with Gasteiger partial charge in [0, 0.05) is 30.9 Å². The smallest absolute Gasteiger partial charge is 0.290 e. The van der Waals surface area contributed by atoms with Gasteiger partial charge in [0.15, 0.2) is 5.69 Å². The molecule has 1 aromatic heterocycles. The van der Waals surface area contributed by atoms with Gasteiger partial charge in [-0.3, -0.25) is 30.0 Å². The molecule has 3 amide bonds. The molecule has 0 radical (unpaired) electrons. The van der Waals surface area contributed by atoms with Crippen molar-refractivity contribution in [2.45, 2.75) is 51.6 Å². The third-order valence-electron chi connectivity index (χ3n) is 5.98. The van der Waals surface area contributed by atoms with E-state index in [1.54, 1.807) is 31.2 Å². The van der Waals surface area contributed by atoms with Gasteiger partial charge >= 0.3 is 0 Å². The van der Waals surface area contributed by atoms with Crippen LogP contribution in [0.2, 0.25) is 0 Å². The number of likely N-dealkylation sites (tertiary alicyclic amines) is 1. The van der Waals surface area contributed by atoms with Crippen molar-refractivity contribution in [2.24, 2.45) is 5.92 Å². The molecule has 1 aliphatic carbocycles. The summed E-state index contributed by atoms with van der Waals surface area (Å²) < 4.78 is 1.22. The highest BCUT2D eigenvalue weighted by atomic mass is 16.2. The summed E-state index contributed by atoms with van der Waals surface area (Å²) in [6.07, 6.45) is 4.36. The van der Waals surface area contributed by atoms with Crippen molar-refractivity contribution < 1.29 is 14.4 Å². The normalized spacial score (nSPS) is 19.4. The number of hydrazine groups is 1. The van der Waals surface area contributed by atoms with E-state index in [0.29, 0.717) is 23.9 Å². The molecule has 2 fully saturated rings. The van der Waals surface area contributed by atoms with Gasteiger partial charge < -0.3 is 4.90 Å². The quantitative estimate of drug-likeness (QED) is 0.728. The fraction of sp³-hybridized carbons (Fsp3) is 0.476. The Bertz CT molecular complexity index is 1060. The number of aryl methyl sites for hydroxylation is 1. The minimum atomic E-state index is -0.612. The molecule has 1 atom stereocenters. The van der Waals surface area contributed by atoms with E-state index in [0.717, 1.165) is 25.7 Å². The number of carbonyl (C=O) groups excluding carboxylic acids is 3. The number of hydrogen-bond acceptors (Lipinski definition) is 5. The Kier molecular flexibility index (Phi) is 5.52. The van der Waals surface area contributed by atoms with Crippen molar-refractivity contribution in [3.8, 4) is 0 Å². The van der Waals surface area contributed by atoms with Crippen LogP contribution in [0.15, 0.2) is 29.1 Å². The third-order valence-corrected chi connectivity index (χ3v) is 5.98. The van der Waals surface area contributed by atoms with Crippen LogP contribution in [0, 0.1) is 5.92 Å². The molecule has 9 nitrogen and oxygen atoms in total. The first-order valence-corrected chi connectivity index (χ1v) is 10.4. The molecule has 0 bridgehead atoms. The lowest BCUT2D eigenvalue weighted by Gasteiger charge is -2.23. The predicted molar refractivity (Wildman–Crippen MR) is 109 cm³/mol. The van der Waals surface area contributed by atoms with Gasteiger partial charge in [-0.1, -0.05) is 31.0 Å². The summed E-state index contributed by atoms with van der Waals surface area (Å²) in [7, 11) is 0. The zero-order valence-corrected chi connectivity index (χ0v) is 16.9. The molecule has 30 heavy (non-hydrogen) atoms. The number of benzene rings is 1. The van der Waals surface area contributed by atoms with Gasteiger partial charge in [0.25, 0.3) is 11.5 Å². The van der Waals surface area contributed by atoms with Crippen LogP contribution in [0.1, 0.15) is 49.5 Å². The summed E-state index contributed by atoms with van der Waals surface area (Å²) in [5.74, 6) is -1.51. The first-order valence-electron chi connectivity index (χ1n) is 10.4. The highest BCUT2D eigenvalue weighted by Gasteiger charge is 2.38. The topological polar surface area (TPSA) is 113 Å². The molecule has 2 aromatic rings. The number of rotatable bonds is 4. The monoisotopic (exact) mass is 411 g/mol. The molecule has 0 spiro atoms. The van der Waals surface area contributed by atoms with Crippen LogP contribution in [0.4, 0.5) is 0 Å². The van der Waals surface area contributed by atoms with Gasteiger partial charge in [0.2, 0.25) is 11.8 Å². The van der Waals surface area contributed by atoms with Crippen LogP contribution in [0.25, 0.3) is 10.8 Å². The second-order valence-electron chi connectivity index (χ2n) is 7.84. The molecule has 4 rings (SSSR count). The van der Waals surface area contributed by atoms with E-state index in [-0.39, 0.29) is 29.6 Å². The minimum Gasteiger partial charge on any atom is -0.339 e. The standard InChI is InChI=1S/C21H25N5O4/c1-2-26-21(30)16-10-6-5-9-15(16)18(24-26)20(29)23-22-19(28)13-11-17(27)25(12-13)14-7-3-4-8-14/h5-6,9-10,13-14H,2-4,7-8,11-12H2,1H3,(H,22,28)(H,23,29). The highest BCUT2D eigenvalue weighted by molar-refractivity contribution is 6.05. The minimum absolute atomic E-state index is 0.00365. The Morgan fingerprint density at radius 3 is 2.50 bits per heavy atom. The Morgan fingerprint density at radius 1 is 1.10 bits per heavy atom. The number of hydrogen-bond donors (Lipinski definition) is 2. The van der Waals surface area contributed by atoms with E-state index in [2.05, 4.69) is 16.0 Å². The fourth-order valence-electron chi connectivity index (χ4n) is 4.37. The van der Waals surface area contributed by atoms with E-state index in [1.807, 2.05) is 4.90 Å². The molecule has 9 heteroatoms. The van der Waals surface area contributed by atoms with Crippen molar-refractivity contribution in [3.63, 3.8) is 0 Å². The van der Waals surface area contributed by atoms with Crippen molar-refractivity contribution in [1.29, 1.82) is 0 Å². The summed E-state index contributed by atoms with van der Waals surface area (Å²) in [6.45, 7) is 2.46. The Morgan fingerprint density at radius 2 is 1.80 bits per heavy atom. The number of carbonyl (C=O) groups is 3. The fourth-order valence-corrected chi connectivity index (χ4v) is 4.37. The summed E-state index contributed by atoms with van der Waals surface area (Å²) in [5.41, 5.74) is 4.60. The van der Waals surface area contributed by atoms with Crippen LogP contribution >= 0.6 is 0 Å². The van der Waals surface area contributed by atoms with Crippen molar-refractivity contribution in [1.82, 2.24) is 25.5 Å². The lowest BCUT2D eigenvalue weighted by atomic mass is 10.1. The summed E-state index contributed by atoms with van der Waals surface area (Å²) in [4.78, 5) is 51.8. The van der Waals surface area contributed by atoms with E-state index < -0.39 is 17.7 Å². The van der Waals surface area contributed by atoms with Crippen molar-refractivity contribution in [3.05, 3.63) is 40.3 Å². The van der Waals surface area contributed by atoms with E-state index >= 15 is 0 Å². The SMILES string of the molecule is CCn1nc(C(=O)NNC(=O)C2CC(=O)N(C3CCCC3)C2)c2ccccc2c1=O. The first kappa shape index (κ1) is 20.1. The zero-order valence-electron chi connectivity index (χ0n) is 16.9. The number of fused-ring (bicyclic) bond motifs is 1. The Hall–Kier alpha value is -3.23. The average molecular weight is 411 g/mol. The maximum absolute atomic E-state index is 12.7. The van der Waals surface area contributed by atoms with E-state index in [1.165, 1.54) is 4.68 Å². The molecule has 158 valence electrons. The highest BCUT2D eigenvalue weighted by Crippen LogP contribution is 2.29. The first-order chi connectivity index (χ1) is 14.5. The van der Waals surface area contributed by atoms with Gasteiger partial charge in [-0.05, 0) is 25.8 Å². The Labute approximate surface area is 173 Å². The average Bonchev–Trinajstić information content (AvgIpc) is 3.42. The predicted octanol–water partition coefficient (Wildman–Crippen LogP) is 0.968. The molecule has 1 saturated carbocycles. The molecular weight excluding hydrogens is 386 g/mol. The van der Waals surface area contributed by atoms with Crippen LogP contribution in [-0.2, 0) is 16.1 Å². The maximum atomic E-state index is 12.7. The van der Waals surface area contributed by atoms with E-state index in [9.17, 15) is 19.2 Å². The molecule has 2 N–H and O–H groups in total. The number of nitrogens with zero attached hydrogens (tertiary/aromatic N) is 3. The second-order valence-corrected chi connectivity index (χ2v) is 7.84. The molecule has 1 aromatic carbocycles. The number of aromatic nitrogens is 2. The molecule has 1 unspecified atom stereocenters. The van der Waals surface area contributed by atoms with Gasteiger partial charge in [-0.25, -0.2) is 4.68 Å². The molecule has 2 heterocycles. The largest absolute Gasteiger partial charge is 0.339 e. The summed E-state index contributed by atoms with van der Waals surface area (Å²) >= 11 is 0. The summed E-state index contributed by atoms with van der Waals surface area (Å²) in [6, 6.07) is 6.96. The molecule has 1 saturated heterocycles. The third kappa shape index (κ3) is 3.67. The number of amides is 3. The van der Waals surface area contributed by atoms with Crippen LogP contribution in [0.5, 0.6) is 0 Å². The lowest BCUT2D eigenvalue weighted by Crippen LogP contribution is -2.46. The second kappa shape index (κ2) is 8.25. The van der Waals surface area contributed by atoms with Gasteiger partial charge in [0.05, 0.1) is 11.3 Å². The van der Waals surface area contributed by atoms with Crippen LogP contribution in [-0.4, -0.2) is 45.0 Å². The van der Waals surface area contributed by atoms with Gasteiger partial charge in [-0.15, -0.1) is 0 Å². The molecule has 2 aliphatic rings. The van der Waals surface area contributed by atoms with E-state index in [4.69, 9.17) is 0 Å². The molecular formula is C21H25N5O4. The summed E-state index contributed by atoms with van der Waals surface area (Å²) in [5, 5.41) is 4.96. The van der Waals surface area contributed by atoms with Gasteiger partial charge in [-0.2, -0.15) is 5.10 Å². The number of nitrogens with one attached hydrogen (secondary N) is 2.